The van der Waals surface area contributed by atoms with Crippen LogP contribution in [0.1, 0.15) is 49.3 Å². The predicted molar refractivity (Wildman–Crippen MR) is 114 cm³/mol. The second kappa shape index (κ2) is 6.35. The van der Waals surface area contributed by atoms with Crippen molar-refractivity contribution in [2.24, 2.45) is 5.10 Å². The molecular formula is C20H17Br3N2O. The van der Waals surface area contributed by atoms with Gasteiger partial charge in [0.15, 0.2) is 5.72 Å². The summed E-state index contributed by atoms with van der Waals surface area (Å²) in [6, 6.07) is 12.9. The summed E-state index contributed by atoms with van der Waals surface area (Å²) in [4.78, 5) is 0. The maximum absolute atomic E-state index is 6.63. The van der Waals surface area contributed by atoms with Crippen molar-refractivity contribution in [3.05, 3.63) is 60.9 Å². The number of hydrazone groups is 1. The van der Waals surface area contributed by atoms with Gasteiger partial charge in [-0.2, -0.15) is 5.10 Å². The number of fused-ring (bicyclic) bond motifs is 4. The molecule has 0 N–H and O–H groups in total. The number of ether oxygens (including phenoxy) is 1. The standard InChI is InChI=1S/C20H17Br3N2O/c21-13-5-3-12(4-6-13)17-11-18-15-9-14(22)10-16(23)19(15)26-20(25(18)24-17)7-1-2-8-20/h3-6,9-10,18H,1-2,7-8,11H2. The molecule has 1 saturated carbocycles. The van der Waals surface area contributed by atoms with Gasteiger partial charge in [-0.15, -0.1) is 0 Å². The van der Waals surface area contributed by atoms with E-state index in [-0.39, 0.29) is 11.8 Å². The van der Waals surface area contributed by atoms with Crippen LogP contribution in [-0.2, 0) is 0 Å². The summed E-state index contributed by atoms with van der Waals surface area (Å²) in [6.07, 6.45) is 5.35. The van der Waals surface area contributed by atoms with Gasteiger partial charge in [-0.3, -0.25) is 0 Å². The van der Waals surface area contributed by atoms with E-state index in [1.54, 1.807) is 0 Å². The lowest BCUT2D eigenvalue weighted by Crippen LogP contribution is -2.51. The first-order valence-corrected chi connectivity index (χ1v) is 11.2. The first-order chi connectivity index (χ1) is 12.6. The molecule has 3 aliphatic rings. The molecule has 1 atom stereocenters. The third-order valence-corrected chi connectivity index (χ3v) is 7.15. The van der Waals surface area contributed by atoms with Crippen LogP contribution in [0.3, 0.4) is 0 Å². The van der Waals surface area contributed by atoms with Gasteiger partial charge in [0.1, 0.15) is 5.75 Å². The van der Waals surface area contributed by atoms with Crippen molar-refractivity contribution in [1.82, 2.24) is 5.01 Å². The fourth-order valence-electron chi connectivity index (χ4n) is 4.38. The molecule has 0 bridgehead atoms. The first kappa shape index (κ1) is 17.3. The van der Waals surface area contributed by atoms with E-state index in [4.69, 9.17) is 9.84 Å². The molecule has 2 aromatic rings. The minimum atomic E-state index is -0.300. The van der Waals surface area contributed by atoms with Crippen molar-refractivity contribution in [3.8, 4) is 5.75 Å². The molecule has 26 heavy (non-hydrogen) atoms. The van der Waals surface area contributed by atoms with E-state index in [1.807, 2.05) is 0 Å². The van der Waals surface area contributed by atoms with Gasteiger partial charge in [0.05, 0.1) is 16.2 Å². The lowest BCUT2D eigenvalue weighted by molar-refractivity contribution is -0.114. The Bertz CT molecular complexity index is 904. The lowest BCUT2D eigenvalue weighted by atomic mass is 9.94. The fourth-order valence-corrected chi connectivity index (χ4v) is 5.98. The zero-order valence-corrected chi connectivity index (χ0v) is 18.8. The molecular weight excluding hydrogens is 524 g/mol. The summed E-state index contributed by atoms with van der Waals surface area (Å²) < 4.78 is 9.80. The molecule has 0 aromatic heterocycles. The molecule has 2 heterocycles. The smallest absolute Gasteiger partial charge is 0.198 e. The zero-order chi connectivity index (χ0) is 17.9. The van der Waals surface area contributed by atoms with Crippen molar-refractivity contribution in [1.29, 1.82) is 0 Å². The maximum Gasteiger partial charge on any atom is 0.198 e. The molecule has 2 aliphatic heterocycles. The van der Waals surface area contributed by atoms with Crippen molar-refractivity contribution in [2.45, 2.75) is 43.9 Å². The Morgan fingerprint density at radius 3 is 2.46 bits per heavy atom. The Morgan fingerprint density at radius 1 is 1.00 bits per heavy atom. The van der Waals surface area contributed by atoms with Crippen LogP contribution in [0.15, 0.2) is 54.9 Å². The number of halogens is 3. The van der Waals surface area contributed by atoms with E-state index >= 15 is 0 Å². The second-order valence-corrected chi connectivity index (χ2v) is 9.87. The Labute approximate surface area is 178 Å². The molecule has 1 unspecified atom stereocenters. The van der Waals surface area contributed by atoms with Gasteiger partial charge in [-0.1, -0.05) is 44.0 Å². The molecule has 0 amide bonds. The van der Waals surface area contributed by atoms with Crippen LogP contribution in [0.4, 0.5) is 0 Å². The van der Waals surface area contributed by atoms with Crippen LogP contribution in [0.5, 0.6) is 5.75 Å². The summed E-state index contributed by atoms with van der Waals surface area (Å²) in [7, 11) is 0. The highest BCUT2D eigenvalue weighted by Crippen LogP contribution is 2.54. The van der Waals surface area contributed by atoms with E-state index in [1.165, 1.54) is 24.0 Å². The number of nitrogens with zero attached hydrogens (tertiary/aromatic N) is 2. The minimum absolute atomic E-state index is 0.226. The van der Waals surface area contributed by atoms with Crippen LogP contribution in [0.2, 0.25) is 0 Å². The monoisotopic (exact) mass is 538 g/mol. The van der Waals surface area contributed by atoms with Crippen LogP contribution in [-0.4, -0.2) is 16.4 Å². The van der Waals surface area contributed by atoms with E-state index in [9.17, 15) is 0 Å². The van der Waals surface area contributed by atoms with Crippen LogP contribution >= 0.6 is 47.8 Å². The molecule has 1 fully saturated rings. The summed E-state index contributed by atoms with van der Waals surface area (Å²) in [5.74, 6) is 0.989. The average molecular weight is 541 g/mol. The van der Waals surface area contributed by atoms with Gasteiger partial charge < -0.3 is 4.74 Å². The number of benzene rings is 2. The lowest BCUT2D eigenvalue weighted by Gasteiger charge is -2.46. The minimum Gasteiger partial charge on any atom is -0.465 e. The molecule has 1 spiro atoms. The van der Waals surface area contributed by atoms with Crippen molar-refractivity contribution < 1.29 is 4.74 Å². The number of hydrogen-bond donors (Lipinski definition) is 0. The zero-order valence-electron chi connectivity index (χ0n) is 14.0. The summed E-state index contributed by atoms with van der Waals surface area (Å²) in [5.41, 5.74) is 3.23. The summed E-state index contributed by atoms with van der Waals surface area (Å²) >= 11 is 10.9. The number of hydrogen-bond acceptors (Lipinski definition) is 3. The molecule has 2 aromatic carbocycles. The Kier molecular flexibility index (Phi) is 4.22. The highest BCUT2D eigenvalue weighted by Gasteiger charge is 2.52. The van der Waals surface area contributed by atoms with E-state index in [0.29, 0.717) is 0 Å². The number of rotatable bonds is 1. The molecule has 6 heteroatoms. The topological polar surface area (TPSA) is 24.8 Å². The van der Waals surface area contributed by atoms with Crippen molar-refractivity contribution >= 4 is 53.5 Å². The summed E-state index contributed by atoms with van der Waals surface area (Å²) in [5, 5.41) is 7.35. The Balaban J connectivity index is 1.62. The van der Waals surface area contributed by atoms with Crippen molar-refractivity contribution in [3.63, 3.8) is 0 Å². The van der Waals surface area contributed by atoms with Crippen molar-refractivity contribution in [2.75, 3.05) is 0 Å². The third kappa shape index (κ3) is 2.68. The van der Waals surface area contributed by atoms with Gasteiger partial charge >= 0.3 is 0 Å². The molecule has 0 radical (unpaired) electrons. The SMILES string of the molecule is Brc1ccc(C2=NN3C(C2)c2cc(Br)cc(Br)c2OC32CCCC2)cc1. The van der Waals surface area contributed by atoms with E-state index in [2.05, 4.69) is 89.2 Å². The molecule has 134 valence electrons. The largest absolute Gasteiger partial charge is 0.465 e. The highest BCUT2D eigenvalue weighted by molar-refractivity contribution is 9.11. The fraction of sp³-hybridized carbons (Fsp3) is 0.350. The normalized spacial score (nSPS) is 22.8. The van der Waals surface area contributed by atoms with Gasteiger partial charge in [-0.05, 0) is 58.6 Å². The quantitative estimate of drug-likeness (QED) is 0.398. The van der Waals surface area contributed by atoms with Crippen LogP contribution in [0, 0.1) is 0 Å². The Morgan fingerprint density at radius 2 is 1.73 bits per heavy atom. The molecule has 3 nitrogen and oxygen atoms in total. The average Bonchev–Trinajstić information content (AvgIpc) is 3.25. The van der Waals surface area contributed by atoms with Gasteiger partial charge in [-0.25, -0.2) is 5.01 Å². The maximum atomic E-state index is 6.63. The molecule has 0 saturated heterocycles. The molecule has 1 aliphatic carbocycles. The van der Waals surface area contributed by atoms with E-state index < -0.39 is 0 Å². The van der Waals surface area contributed by atoms with Crippen LogP contribution in [0.25, 0.3) is 0 Å². The predicted octanol–water partition coefficient (Wildman–Crippen LogP) is 6.79. The van der Waals surface area contributed by atoms with Gasteiger partial charge in [0.2, 0.25) is 0 Å². The van der Waals surface area contributed by atoms with Gasteiger partial charge in [0.25, 0.3) is 0 Å². The first-order valence-electron chi connectivity index (χ1n) is 8.86. The van der Waals surface area contributed by atoms with Crippen LogP contribution < -0.4 is 4.74 Å². The molecule has 5 rings (SSSR count). The summed E-state index contributed by atoms with van der Waals surface area (Å²) in [6.45, 7) is 0. The highest BCUT2D eigenvalue weighted by atomic mass is 79.9. The van der Waals surface area contributed by atoms with Gasteiger partial charge in [0, 0.05) is 33.8 Å². The second-order valence-electron chi connectivity index (χ2n) is 7.18. The third-order valence-electron chi connectivity index (χ3n) is 5.58. The van der Waals surface area contributed by atoms with E-state index in [0.717, 1.165) is 44.1 Å². The Hall–Kier alpha value is -0.850.